The number of aliphatic carboxylic acids is 1. The van der Waals surface area contributed by atoms with E-state index in [2.05, 4.69) is 10.6 Å². The summed E-state index contributed by atoms with van der Waals surface area (Å²) in [5.74, 6) is -2.20. The van der Waals surface area contributed by atoms with Crippen LogP contribution in [0.4, 0.5) is 27.5 Å². The number of likely N-dealkylation sites (N-methyl/N-ethyl adjacent to an activating group) is 2. The number of hydrogen-bond acceptors (Lipinski definition) is 6. The molecule has 0 radical (unpaired) electrons. The number of nitrogens with one attached hydrogen (secondary N) is 2. The molecule has 5 amide bonds. The van der Waals surface area contributed by atoms with Gasteiger partial charge in [-0.1, -0.05) is 54.6 Å². The fraction of sp³-hybridized carbons (Fsp3) is 0.194. The lowest BCUT2D eigenvalue weighted by Gasteiger charge is -2.27. The Balaban J connectivity index is 1.51. The first-order valence-electron chi connectivity index (χ1n) is 15.0. The van der Waals surface area contributed by atoms with Crippen LogP contribution in [-0.2, 0) is 25.6 Å². The zero-order valence-corrected chi connectivity index (χ0v) is 26.9. The number of ether oxygens (including phenoxy) is 1. The SMILES string of the molecule is Cc1cccc(N(C)C(=O)COc2ccccc2N(CC(=O)N(C)c2ccccc2)C(=O)CNC(=O)Nc2cccc(CC(=O)O)c2)c1. The number of carboxylic acid groups (broad SMARTS) is 1. The largest absolute Gasteiger partial charge is 0.482 e. The highest BCUT2D eigenvalue weighted by Crippen LogP contribution is 2.29. The first kappa shape index (κ1) is 34.7. The number of carboxylic acids is 1. The molecular formula is C36H37N5O7. The van der Waals surface area contributed by atoms with Crippen LogP contribution in [0.1, 0.15) is 11.1 Å². The van der Waals surface area contributed by atoms with Crippen LogP contribution in [0.25, 0.3) is 0 Å². The normalized spacial score (nSPS) is 10.4. The van der Waals surface area contributed by atoms with Gasteiger partial charge in [0.25, 0.3) is 5.91 Å². The number of amides is 5. The van der Waals surface area contributed by atoms with E-state index >= 15 is 0 Å². The third kappa shape index (κ3) is 9.66. The predicted molar refractivity (Wildman–Crippen MR) is 184 cm³/mol. The van der Waals surface area contributed by atoms with E-state index in [0.717, 1.165) is 5.56 Å². The molecule has 0 aliphatic heterocycles. The molecule has 48 heavy (non-hydrogen) atoms. The number of rotatable bonds is 13. The molecule has 0 spiro atoms. The van der Waals surface area contributed by atoms with Crippen LogP contribution >= 0.6 is 0 Å². The Hall–Kier alpha value is -6.17. The van der Waals surface area contributed by atoms with Gasteiger partial charge in [0.2, 0.25) is 11.8 Å². The Kier molecular flexibility index (Phi) is 11.9. The van der Waals surface area contributed by atoms with Crippen LogP contribution in [0, 0.1) is 6.92 Å². The first-order chi connectivity index (χ1) is 23.0. The second-order valence-corrected chi connectivity index (χ2v) is 10.9. The Bertz CT molecular complexity index is 1780. The van der Waals surface area contributed by atoms with Gasteiger partial charge in [0.1, 0.15) is 12.3 Å². The molecule has 0 aliphatic rings. The van der Waals surface area contributed by atoms with Gasteiger partial charge in [-0.05, 0) is 66.6 Å². The molecule has 3 N–H and O–H groups in total. The molecular weight excluding hydrogens is 614 g/mol. The number of nitrogens with zero attached hydrogens (tertiary/aromatic N) is 3. The maximum atomic E-state index is 13.7. The number of aryl methyl sites for hydroxylation is 1. The van der Waals surface area contributed by atoms with E-state index < -0.39 is 36.9 Å². The summed E-state index contributed by atoms with van der Waals surface area (Å²) in [6.07, 6.45) is -0.217. The average molecular weight is 652 g/mol. The quantitative estimate of drug-likeness (QED) is 0.193. The van der Waals surface area contributed by atoms with Gasteiger partial charge in [0.15, 0.2) is 6.61 Å². The molecule has 248 valence electrons. The van der Waals surface area contributed by atoms with Crippen LogP contribution < -0.4 is 30.1 Å². The molecule has 0 saturated heterocycles. The summed E-state index contributed by atoms with van der Waals surface area (Å²) in [6.45, 7) is 0.687. The van der Waals surface area contributed by atoms with Gasteiger partial charge in [-0.15, -0.1) is 0 Å². The smallest absolute Gasteiger partial charge is 0.319 e. The van der Waals surface area contributed by atoms with Gasteiger partial charge in [0, 0.05) is 31.2 Å². The molecule has 0 unspecified atom stereocenters. The molecule has 4 aromatic carbocycles. The van der Waals surface area contributed by atoms with E-state index in [4.69, 9.17) is 9.84 Å². The molecule has 0 bridgehead atoms. The minimum atomic E-state index is -1.01. The van der Waals surface area contributed by atoms with E-state index in [1.165, 1.54) is 20.8 Å². The Labute approximate surface area is 278 Å². The summed E-state index contributed by atoms with van der Waals surface area (Å²) in [6, 6.07) is 28.5. The van der Waals surface area contributed by atoms with Crippen molar-refractivity contribution in [2.45, 2.75) is 13.3 Å². The minimum absolute atomic E-state index is 0.187. The van der Waals surface area contributed by atoms with Crippen molar-refractivity contribution in [2.75, 3.05) is 53.8 Å². The van der Waals surface area contributed by atoms with Crippen molar-refractivity contribution >= 4 is 52.5 Å². The number of carbonyl (C=O) groups is 5. The number of hydrogen-bond donors (Lipinski definition) is 3. The van der Waals surface area contributed by atoms with Crippen molar-refractivity contribution in [1.82, 2.24) is 5.32 Å². The van der Waals surface area contributed by atoms with Crippen molar-refractivity contribution in [3.63, 3.8) is 0 Å². The maximum Gasteiger partial charge on any atom is 0.319 e. The predicted octanol–water partition coefficient (Wildman–Crippen LogP) is 4.48. The van der Waals surface area contributed by atoms with E-state index in [9.17, 15) is 24.0 Å². The third-order valence-electron chi connectivity index (χ3n) is 7.32. The third-order valence-corrected chi connectivity index (χ3v) is 7.32. The number of carbonyl (C=O) groups excluding carboxylic acids is 4. The van der Waals surface area contributed by atoms with Crippen molar-refractivity contribution in [1.29, 1.82) is 0 Å². The lowest BCUT2D eigenvalue weighted by atomic mass is 10.1. The molecule has 0 atom stereocenters. The number of benzene rings is 4. The van der Waals surface area contributed by atoms with E-state index in [0.29, 0.717) is 22.6 Å². The highest BCUT2D eigenvalue weighted by Gasteiger charge is 2.25. The van der Waals surface area contributed by atoms with Crippen LogP contribution in [0.15, 0.2) is 103 Å². The van der Waals surface area contributed by atoms with Gasteiger partial charge in [-0.25, -0.2) is 4.79 Å². The van der Waals surface area contributed by atoms with E-state index in [-0.39, 0.29) is 30.4 Å². The summed E-state index contributed by atoms with van der Waals surface area (Å²) in [5.41, 5.74) is 3.37. The molecule has 0 aliphatic carbocycles. The maximum absolute atomic E-state index is 13.7. The van der Waals surface area contributed by atoms with Crippen LogP contribution in [-0.4, -0.2) is 68.6 Å². The summed E-state index contributed by atoms with van der Waals surface area (Å²) < 4.78 is 5.92. The van der Waals surface area contributed by atoms with Gasteiger partial charge < -0.3 is 30.3 Å². The fourth-order valence-corrected chi connectivity index (χ4v) is 4.72. The highest BCUT2D eigenvalue weighted by molar-refractivity contribution is 6.06. The molecule has 0 aromatic heterocycles. The summed E-state index contributed by atoms with van der Waals surface area (Å²) in [7, 11) is 3.23. The van der Waals surface area contributed by atoms with Crippen LogP contribution in [0.5, 0.6) is 5.75 Å². The monoisotopic (exact) mass is 651 g/mol. The lowest BCUT2D eigenvalue weighted by Crippen LogP contribution is -2.46. The molecule has 0 fully saturated rings. The van der Waals surface area contributed by atoms with Crippen molar-refractivity contribution in [2.24, 2.45) is 0 Å². The zero-order valence-electron chi connectivity index (χ0n) is 26.9. The number of urea groups is 1. The summed E-state index contributed by atoms with van der Waals surface area (Å²) in [5, 5.41) is 14.1. The van der Waals surface area contributed by atoms with E-state index in [1.54, 1.807) is 80.8 Å². The molecule has 0 saturated carbocycles. The average Bonchev–Trinajstić information content (AvgIpc) is 3.08. The molecule has 0 heterocycles. The zero-order chi connectivity index (χ0) is 34.6. The number of para-hydroxylation sites is 3. The summed E-state index contributed by atoms with van der Waals surface area (Å²) >= 11 is 0. The van der Waals surface area contributed by atoms with Crippen molar-refractivity contribution in [3.8, 4) is 5.75 Å². The van der Waals surface area contributed by atoms with Crippen molar-refractivity contribution < 1.29 is 33.8 Å². The highest BCUT2D eigenvalue weighted by atomic mass is 16.5. The lowest BCUT2D eigenvalue weighted by molar-refractivity contribution is -0.136. The van der Waals surface area contributed by atoms with Crippen LogP contribution in [0.2, 0.25) is 0 Å². The van der Waals surface area contributed by atoms with Crippen molar-refractivity contribution in [3.05, 3.63) is 114 Å². The Morgan fingerprint density at radius 3 is 2.12 bits per heavy atom. The topological polar surface area (TPSA) is 149 Å². The standard InChI is InChI=1S/C36H37N5O7/c1-25-11-9-16-29(19-25)40(3)34(44)24-48-31-18-8-7-17-30(31)41(23-33(43)39(2)28-14-5-4-6-15-28)32(42)22-37-36(47)38-27-13-10-12-26(20-27)21-35(45)46/h4-20H,21-24H2,1-3H3,(H,45,46)(H2,37,38,47). The molecule has 4 aromatic rings. The second-order valence-electron chi connectivity index (χ2n) is 10.9. The molecule has 4 rings (SSSR count). The van der Waals surface area contributed by atoms with Gasteiger partial charge in [-0.2, -0.15) is 0 Å². The van der Waals surface area contributed by atoms with Gasteiger partial charge in [0.05, 0.1) is 18.7 Å². The van der Waals surface area contributed by atoms with Gasteiger partial charge in [-0.3, -0.25) is 24.1 Å². The second kappa shape index (κ2) is 16.4. The van der Waals surface area contributed by atoms with Crippen LogP contribution in [0.3, 0.4) is 0 Å². The first-order valence-corrected chi connectivity index (χ1v) is 15.0. The Morgan fingerprint density at radius 2 is 1.40 bits per heavy atom. The Morgan fingerprint density at radius 1 is 0.729 bits per heavy atom. The minimum Gasteiger partial charge on any atom is -0.482 e. The number of anilines is 4. The molecule has 12 heteroatoms. The summed E-state index contributed by atoms with van der Waals surface area (Å²) in [4.78, 5) is 68.1. The van der Waals surface area contributed by atoms with E-state index in [1.807, 2.05) is 37.3 Å². The molecule has 12 nitrogen and oxygen atoms in total. The van der Waals surface area contributed by atoms with Gasteiger partial charge >= 0.3 is 12.0 Å². The fourth-order valence-electron chi connectivity index (χ4n) is 4.72.